The molecule has 0 spiro atoms. The van der Waals surface area contributed by atoms with Gasteiger partial charge in [0.15, 0.2) is 0 Å². The Bertz CT molecular complexity index is 273. The van der Waals surface area contributed by atoms with Gasteiger partial charge in [0.05, 0.1) is 6.04 Å². The van der Waals surface area contributed by atoms with E-state index < -0.39 is 6.04 Å². The molecular formula is C9H13N3O. The van der Waals surface area contributed by atoms with Crippen LogP contribution in [0.25, 0.3) is 0 Å². The van der Waals surface area contributed by atoms with Crippen molar-refractivity contribution < 1.29 is 4.79 Å². The first kappa shape index (κ1) is 9.70. The molecule has 0 bridgehead atoms. The van der Waals surface area contributed by atoms with Gasteiger partial charge in [-0.25, -0.2) is 5.84 Å². The third-order valence-corrected chi connectivity index (χ3v) is 1.78. The Labute approximate surface area is 76.9 Å². The molecular weight excluding hydrogens is 166 g/mol. The summed E-state index contributed by atoms with van der Waals surface area (Å²) in [6, 6.07) is 8.99. The maximum atomic E-state index is 11.0. The zero-order valence-electron chi connectivity index (χ0n) is 7.23. The van der Waals surface area contributed by atoms with E-state index in [1.807, 2.05) is 35.8 Å². The first-order chi connectivity index (χ1) is 6.24. The second-order valence-corrected chi connectivity index (χ2v) is 2.80. The minimum absolute atomic E-state index is 0.344. The van der Waals surface area contributed by atoms with Crippen LogP contribution in [0.5, 0.6) is 0 Å². The monoisotopic (exact) mass is 179 g/mol. The highest BCUT2D eigenvalue weighted by Crippen LogP contribution is 2.01. The van der Waals surface area contributed by atoms with Crippen LogP contribution in [0.3, 0.4) is 0 Å². The van der Waals surface area contributed by atoms with Gasteiger partial charge >= 0.3 is 0 Å². The predicted molar refractivity (Wildman–Crippen MR) is 50.5 cm³/mol. The first-order valence-electron chi connectivity index (χ1n) is 4.04. The van der Waals surface area contributed by atoms with E-state index in [1.165, 1.54) is 0 Å². The van der Waals surface area contributed by atoms with Crippen molar-refractivity contribution in [2.75, 3.05) is 0 Å². The first-order valence-corrected chi connectivity index (χ1v) is 4.04. The van der Waals surface area contributed by atoms with Crippen LogP contribution in [0.4, 0.5) is 0 Å². The summed E-state index contributed by atoms with van der Waals surface area (Å²) >= 11 is 0. The van der Waals surface area contributed by atoms with E-state index in [0.717, 1.165) is 5.56 Å². The van der Waals surface area contributed by atoms with Gasteiger partial charge in [-0.1, -0.05) is 30.3 Å². The van der Waals surface area contributed by atoms with Crippen molar-refractivity contribution in [3.63, 3.8) is 0 Å². The molecule has 1 amide bonds. The summed E-state index contributed by atoms with van der Waals surface area (Å²) in [6.07, 6.45) is 0.504. The van der Waals surface area contributed by atoms with Gasteiger partial charge in [0.2, 0.25) is 0 Å². The summed E-state index contributed by atoms with van der Waals surface area (Å²) in [5, 5.41) is 0. The second kappa shape index (κ2) is 4.59. The van der Waals surface area contributed by atoms with Gasteiger partial charge in [-0.2, -0.15) is 0 Å². The molecule has 0 unspecified atom stereocenters. The highest BCUT2D eigenvalue weighted by molar-refractivity contribution is 5.81. The summed E-state index contributed by atoms with van der Waals surface area (Å²) in [7, 11) is 0. The van der Waals surface area contributed by atoms with Crippen LogP contribution in [0.1, 0.15) is 5.56 Å². The number of carbonyl (C=O) groups is 1. The van der Waals surface area contributed by atoms with Crippen molar-refractivity contribution in [3.8, 4) is 0 Å². The smallest absolute Gasteiger partial charge is 0.251 e. The third kappa shape index (κ3) is 2.85. The van der Waals surface area contributed by atoms with Crippen molar-refractivity contribution in [2.24, 2.45) is 11.6 Å². The average Bonchev–Trinajstić information content (AvgIpc) is 2.18. The normalized spacial score (nSPS) is 12.2. The lowest BCUT2D eigenvalue weighted by molar-refractivity contribution is -0.122. The molecule has 13 heavy (non-hydrogen) atoms. The zero-order valence-corrected chi connectivity index (χ0v) is 7.23. The fourth-order valence-corrected chi connectivity index (χ4v) is 1.07. The lowest BCUT2D eigenvalue weighted by Gasteiger charge is -2.08. The topological polar surface area (TPSA) is 81.1 Å². The van der Waals surface area contributed by atoms with Crippen molar-refractivity contribution in [1.29, 1.82) is 0 Å². The quantitative estimate of drug-likeness (QED) is 0.334. The van der Waals surface area contributed by atoms with E-state index in [-0.39, 0.29) is 5.91 Å². The number of hydrazine groups is 1. The molecule has 70 valence electrons. The summed E-state index contributed by atoms with van der Waals surface area (Å²) in [4.78, 5) is 11.0. The number of amides is 1. The fourth-order valence-electron chi connectivity index (χ4n) is 1.07. The molecule has 0 fully saturated rings. The Kier molecular flexibility index (Phi) is 3.42. The number of nitrogens with two attached hydrogens (primary N) is 2. The maximum absolute atomic E-state index is 11.0. The van der Waals surface area contributed by atoms with Gasteiger partial charge in [0.25, 0.3) is 5.91 Å². The SMILES string of the molecule is NNC(=O)[C@H](N)Cc1ccccc1. The molecule has 4 heteroatoms. The molecule has 1 atom stereocenters. The molecule has 4 nitrogen and oxygen atoms in total. The van der Waals surface area contributed by atoms with Gasteiger partial charge in [0.1, 0.15) is 0 Å². The molecule has 0 saturated carbocycles. The summed E-state index contributed by atoms with van der Waals surface area (Å²) in [5.41, 5.74) is 8.62. The Morgan fingerprint density at radius 2 is 2.00 bits per heavy atom. The average molecular weight is 179 g/mol. The van der Waals surface area contributed by atoms with Gasteiger partial charge < -0.3 is 5.73 Å². The molecule has 5 N–H and O–H groups in total. The number of carbonyl (C=O) groups excluding carboxylic acids is 1. The molecule has 1 rings (SSSR count). The molecule has 0 aliphatic carbocycles. The van der Waals surface area contributed by atoms with Gasteiger partial charge in [0, 0.05) is 0 Å². The number of nitrogens with one attached hydrogen (secondary N) is 1. The summed E-state index contributed by atoms with van der Waals surface area (Å²) in [6.45, 7) is 0. The number of hydrogen-bond donors (Lipinski definition) is 3. The Morgan fingerprint density at radius 1 is 1.38 bits per heavy atom. The minimum atomic E-state index is -0.576. The van der Waals surface area contributed by atoms with Gasteiger partial charge in [-0.15, -0.1) is 0 Å². The van der Waals surface area contributed by atoms with E-state index in [9.17, 15) is 4.79 Å². The number of benzene rings is 1. The summed E-state index contributed by atoms with van der Waals surface area (Å²) in [5.74, 6) is 4.60. The van der Waals surface area contributed by atoms with Crippen molar-refractivity contribution in [1.82, 2.24) is 5.43 Å². The number of rotatable bonds is 3. The van der Waals surface area contributed by atoms with Crippen LogP contribution in [0, 0.1) is 0 Å². The van der Waals surface area contributed by atoms with E-state index >= 15 is 0 Å². The van der Waals surface area contributed by atoms with Gasteiger partial charge in [-0.3, -0.25) is 10.2 Å². The highest BCUT2D eigenvalue weighted by Gasteiger charge is 2.11. The zero-order chi connectivity index (χ0) is 9.68. The Balaban J connectivity index is 2.55. The number of hydrogen-bond acceptors (Lipinski definition) is 3. The molecule has 0 radical (unpaired) electrons. The van der Waals surface area contributed by atoms with Gasteiger partial charge in [-0.05, 0) is 12.0 Å². The lowest BCUT2D eigenvalue weighted by atomic mass is 10.1. The van der Waals surface area contributed by atoms with E-state index in [2.05, 4.69) is 0 Å². The molecule has 0 heterocycles. The Morgan fingerprint density at radius 3 is 2.54 bits per heavy atom. The highest BCUT2D eigenvalue weighted by atomic mass is 16.2. The van der Waals surface area contributed by atoms with Crippen LogP contribution >= 0.6 is 0 Å². The molecule has 0 saturated heterocycles. The van der Waals surface area contributed by atoms with E-state index in [4.69, 9.17) is 11.6 Å². The molecule has 0 aromatic heterocycles. The largest absolute Gasteiger partial charge is 0.320 e. The minimum Gasteiger partial charge on any atom is -0.320 e. The van der Waals surface area contributed by atoms with Crippen LogP contribution in [0.15, 0.2) is 30.3 Å². The van der Waals surface area contributed by atoms with E-state index in [0.29, 0.717) is 6.42 Å². The fraction of sp³-hybridized carbons (Fsp3) is 0.222. The van der Waals surface area contributed by atoms with E-state index in [1.54, 1.807) is 0 Å². The standard InChI is InChI=1S/C9H13N3O/c10-8(9(13)12-11)6-7-4-2-1-3-5-7/h1-5,8H,6,10-11H2,(H,12,13)/t8-/m1/s1. The third-order valence-electron chi connectivity index (χ3n) is 1.78. The maximum Gasteiger partial charge on any atom is 0.251 e. The van der Waals surface area contributed by atoms with Crippen LogP contribution in [0.2, 0.25) is 0 Å². The molecule has 1 aromatic rings. The molecule has 1 aromatic carbocycles. The Hall–Kier alpha value is -1.39. The van der Waals surface area contributed by atoms with Crippen molar-refractivity contribution >= 4 is 5.91 Å². The van der Waals surface area contributed by atoms with Crippen molar-refractivity contribution in [3.05, 3.63) is 35.9 Å². The van der Waals surface area contributed by atoms with Crippen LogP contribution < -0.4 is 17.0 Å². The summed E-state index contributed by atoms with van der Waals surface area (Å²) < 4.78 is 0. The molecule has 0 aliphatic rings. The van der Waals surface area contributed by atoms with Crippen LogP contribution in [-0.2, 0) is 11.2 Å². The molecule has 0 aliphatic heterocycles. The van der Waals surface area contributed by atoms with Crippen LogP contribution in [-0.4, -0.2) is 11.9 Å². The van der Waals surface area contributed by atoms with Crippen molar-refractivity contribution in [2.45, 2.75) is 12.5 Å². The second-order valence-electron chi connectivity index (χ2n) is 2.80. The lowest BCUT2D eigenvalue weighted by Crippen LogP contribution is -2.45. The predicted octanol–water partition coefficient (Wildman–Crippen LogP) is -0.454.